The predicted octanol–water partition coefficient (Wildman–Crippen LogP) is 5.52. The van der Waals surface area contributed by atoms with Crippen LogP contribution in [0.15, 0.2) is 147 Å². The Kier molecular flexibility index (Phi) is 36.9. The van der Waals surface area contributed by atoms with Crippen LogP contribution in [-0.4, -0.2) is 136 Å². The van der Waals surface area contributed by atoms with Crippen LogP contribution in [0.2, 0.25) is 0 Å². The number of methoxy groups -OCH3 is 8. The molecule has 0 fully saturated rings. The number of hydrogen-bond donors (Lipinski definition) is 4. The Morgan fingerprint density at radius 1 is 0.481 bits per heavy atom. The monoisotopic (exact) mass is 1110 g/mol. The molecular weight excluding hydrogens is 1030 g/mol. The van der Waals surface area contributed by atoms with E-state index in [2.05, 4.69) is 13.2 Å². The van der Waals surface area contributed by atoms with Gasteiger partial charge in [0.15, 0.2) is 81.7 Å². The number of aliphatic hydroxyl groups is 3. The molecule has 4 unspecified atom stereocenters. The molecule has 0 aromatic heterocycles. The van der Waals surface area contributed by atoms with Gasteiger partial charge in [-0.3, -0.25) is 0 Å². The van der Waals surface area contributed by atoms with Crippen molar-refractivity contribution in [1.29, 1.82) is 0 Å². The molecule has 0 aliphatic rings. The number of aliphatic hydroxyl groups excluding tert-OH is 3. The number of phenols is 1. The van der Waals surface area contributed by atoms with Crippen molar-refractivity contribution >= 4 is 20.4 Å². The van der Waals surface area contributed by atoms with Crippen LogP contribution in [0, 0.1) is 0 Å². The number of esters is 2. The molecule has 19 nitrogen and oxygen atoms in total. The van der Waals surface area contributed by atoms with E-state index in [4.69, 9.17) is 66.7 Å². The summed E-state index contributed by atoms with van der Waals surface area (Å²) in [7, 11) is 12.1. The first kappa shape index (κ1) is 71.5. The number of carbonyl (C=O) groups is 2. The number of phenolic OH excluding ortho intramolecular Hbond substituents is 1. The van der Waals surface area contributed by atoms with Crippen molar-refractivity contribution in [1.82, 2.24) is 0 Å². The molecule has 0 amide bonds. The zero-order valence-corrected chi connectivity index (χ0v) is 48.7. The summed E-state index contributed by atoms with van der Waals surface area (Å²) in [6.45, 7) is 9.47. The molecule has 0 aliphatic heterocycles. The molecule has 0 aliphatic carbocycles. The second-order valence-electron chi connectivity index (χ2n) is 15.0. The van der Waals surface area contributed by atoms with Crippen LogP contribution in [-0.2, 0) is 19.1 Å². The fourth-order valence-corrected chi connectivity index (χ4v) is 6.57. The van der Waals surface area contributed by atoms with E-state index in [1.54, 1.807) is 136 Å². The van der Waals surface area contributed by atoms with Gasteiger partial charge in [0.25, 0.3) is 0 Å². The summed E-state index contributed by atoms with van der Waals surface area (Å²) in [6.07, 6.45) is -4.51. The fraction of sp³-hybridized carbons (Fsp3) is 0.310. The van der Waals surface area contributed by atoms with Gasteiger partial charge in [0.2, 0.25) is 6.10 Å². The number of para-hydroxylation sites is 8. The third-order valence-electron chi connectivity index (χ3n) is 10.3. The van der Waals surface area contributed by atoms with Crippen molar-refractivity contribution in [3.63, 3.8) is 0 Å². The molecule has 0 heterocycles. The van der Waals surface area contributed by atoms with Crippen molar-refractivity contribution in [2.24, 2.45) is 0 Å². The number of carbonyl (C=O) groups excluding carboxylic acids is 2. The number of aromatic hydroxyl groups is 1. The molecule has 4 N–H and O–H groups in total. The summed E-state index contributed by atoms with van der Waals surface area (Å²) in [5.41, 5.74) is 0.960. The fourth-order valence-electron chi connectivity index (χ4n) is 6.57. The van der Waals surface area contributed by atoms with Crippen LogP contribution in [0.1, 0.15) is 38.6 Å². The SMILES string of the molecule is C=C.CCOC(=O)C(Oc1ccccc1OC)C(O)c1ccc(OC)c(OC)c1.CCOC(=O)COc1ccccc1OC.COc1ccc(C(O)C(CO)Oc2ccccc2OC)cc1OC.COc1ccccc1O.[B].[H-].[Na+]. The van der Waals surface area contributed by atoms with Gasteiger partial charge in [-0.25, -0.2) is 9.59 Å². The first-order valence-electron chi connectivity index (χ1n) is 23.7. The summed E-state index contributed by atoms with van der Waals surface area (Å²) >= 11 is 0. The minimum absolute atomic E-state index is 0. The standard InChI is InChI=1S/C20H24O7.C18H22O6.C11H14O4.C7H8O2.C2H4.B.Na.H/c1-5-26-20(22)19(27-16-9-7-6-8-14(16)23-2)18(21)13-10-11-15(24-3)17(12-13)25-4;1-21-13-6-4-5-7-15(13)24-17(11-19)18(20)12-8-9-14(22-2)16(10-12)23-3;1-3-14-11(12)8-15-10-7-5-4-6-9(10)13-2;1-9-7-5-3-2-4-6(7)8;1-2;;;/h6-12,18-19,21H,5H2,1-4H3;4-10,17-20H,11H2,1-3H3;4-7H,3,8H2,1-2H3;2-5,8H,1H3;1-2H2;;;/q;;;;;;+1;-1. The van der Waals surface area contributed by atoms with Crippen LogP contribution in [0.25, 0.3) is 0 Å². The summed E-state index contributed by atoms with van der Waals surface area (Å²) in [5, 5.41) is 40.0. The zero-order chi connectivity index (χ0) is 57.1. The van der Waals surface area contributed by atoms with Crippen LogP contribution >= 0.6 is 0 Å². The van der Waals surface area contributed by atoms with E-state index in [9.17, 15) is 24.9 Å². The number of hydrogen-bond acceptors (Lipinski definition) is 19. The maximum atomic E-state index is 12.4. The van der Waals surface area contributed by atoms with Gasteiger partial charge in [-0.15, -0.1) is 13.2 Å². The maximum Gasteiger partial charge on any atom is 1.00 e. The molecule has 0 saturated heterocycles. The Morgan fingerprint density at radius 2 is 0.835 bits per heavy atom. The van der Waals surface area contributed by atoms with Crippen LogP contribution in [0.3, 0.4) is 0 Å². The van der Waals surface area contributed by atoms with E-state index in [1.165, 1.54) is 49.8 Å². The zero-order valence-electron chi connectivity index (χ0n) is 47.7. The summed E-state index contributed by atoms with van der Waals surface area (Å²) in [6, 6.07) is 37.8. The van der Waals surface area contributed by atoms with Gasteiger partial charge >= 0.3 is 41.5 Å². The third kappa shape index (κ3) is 23.2. The average molecular weight is 1110 g/mol. The minimum atomic E-state index is -1.30. The molecule has 0 bridgehead atoms. The van der Waals surface area contributed by atoms with E-state index in [0.29, 0.717) is 81.0 Å². The molecular formula is C58H73BNaO19. The first-order chi connectivity index (χ1) is 37.3. The minimum Gasteiger partial charge on any atom is -1.00 e. The summed E-state index contributed by atoms with van der Waals surface area (Å²) < 4.78 is 67.7. The van der Waals surface area contributed by atoms with Crippen molar-refractivity contribution in [2.75, 3.05) is 83.3 Å². The van der Waals surface area contributed by atoms with Gasteiger partial charge in [-0.1, -0.05) is 60.7 Å². The van der Waals surface area contributed by atoms with E-state index in [1.807, 2.05) is 18.2 Å². The van der Waals surface area contributed by atoms with E-state index in [-0.39, 0.29) is 70.9 Å². The van der Waals surface area contributed by atoms with E-state index >= 15 is 0 Å². The molecule has 423 valence electrons. The van der Waals surface area contributed by atoms with Crippen LogP contribution in [0.5, 0.6) is 69.0 Å². The molecule has 0 spiro atoms. The van der Waals surface area contributed by atoms with Gasteiger partial charge < -0.3 is 83.4 Å². The van der Waals surface area contributed by atoms with Gasteiger partial charge in [-0.05, 0) is 97.8 Å². The molecule has 79 heavy (non-hydrogen) atoms. The van der Waals surface area contributed by atoms with E-state index in [0.717, 1.165) is 0 Å². The summed E-state index contributed by atoms with van der Waals surface area (Å²) in [5.74, 6) is 4.45. The average Bonchev–Trinajstić information content (AvgIpc) is 3.48. The predicted molar refractivity (Wildman–Crippen MR) is 295 cm³/mol. The Hall–Kier alpha value is -7.46. The Balaban J connectivity index is 0. The van der Waals surface area contributed by atoms with Crippen LogP contribution < -0.4 is 81.7 Å². The summed E-state index contributed by atoms with van der Waals surface area (Å²) in [4.78, 5) is 23.5. The number of rotatable bonds is 23. The molecule has 6 rings (SSSR count). The van der Waals surface area contributed by atoms with Gasteiger partial charge in [-0.2, -0.15) is 0 Å². The van der Waals surface area contributed by atoms with Crippen molar-refractivity contribution < 1.29 is 123 Å². The maximum absolute atomic E-state index is 12.4. The molecule has 6 aromatic carbocycles. The Labute approximate surface area is 488 Å². The van der Waals surface area contributed by atoms with E-state index < -0.39 is 30.4 Å². The van der Waals surface area contributed by atoms with Gasteiger partial charge in [0.1, 0.15) is 12.2 Å². The largest absolute Gasteiger partial charge is 1.00 e. The molecule has 6 aromatic rings. The van der Waals surface area contributed by atoms with Crippen molar-refractivity contribution in [3.05, 3.63) is 158 Å². The molecule has 0 saturated carbocycles. The van der Waals surface area contributed by atoms with Gasteiger partial charge in [0, 0.05) is 8.41 Å². The number of benzene rings is 6. The number of ether oxygens (including phenoxy) is 13. The van der Waals surface area contributed by atoms with Crippen molar-refractivity contribution in [2.45, 2.75) is 38.3 Å². The molecule has 4 atom stereocenters. The second kappa shape index (κ2) is 40.7. The molecule has 21 heteroatoms. The quantitative estimate of drug-likeness (QED) is 0.0351. The Morgan fingerprint density at radius 3 is 1.23 bits per heavy atom. The molecule has 3 radical (unpaired) electrons. The second-order valence-corrected chi connectivity index (χ2v) is 15.0. The first-order valence-corrected chi connectivity index (χ1v) is 23.7. The van der Waals surface area contributed by atoms with Gasteiger partial charge in [0.05, 0.1) is 76.7 Å². The topological polar surface area (TPSA) is 235 Å². The van der Waals surface area contributed by atoms with Crippen LogP contribution in [0.4, 0.5) is 0 Å². The third-order valence-corrected chi connectivity index (χ3v) is 10.3. The van der Waals surface area contributed by atoms with Crippen molar-refractivity contribution in [3.8, 4) is 69.0 Å². The smallest absolute Gasteiger partial charge is 1.00 e. The normalized spacial score (nSPS) is 11.2. The Bertz CT molecular complexity index is 2650.